The maximum Gasteiger partial charge on any atom is 0.334 e. The molecule has 0 radical (unpaired) electrons. The molecule has 1 aliphatic heterocycles. The highest BCUT2D eigenvalue weighted by atomic mass is 28.4. The first-order valence-corrected chi connectivity index (χ1v) is 11.6. The lowest BCUT2D eigenvalue weighted by Gasteiger charge is -2.29. The van der Waals surface area contributed by atoms with Crippen LogP contribution in [0.3, 0.4) is 0 Å². The minimum absolute atomic E-state index is 0.596. The van der Waals surface area contributed by atoms with Crippen molar-refractivity contribution in [1.82, 2.24) is 0 Å². The van der Waals surface area contributed by atoms with Gasteiger partial charge in [0.1, 0.15) is 0 Å². The molecule has 2 fully saturated rings. The van der Waals surface area contributed by atoms with Gasteiger partial charge in [-0.3, -0.25) is 0 Å². The molecule has 3 atom stereocenters. The first kappa shape index (κ1) is 17.5. The number of hydrogen-bond donors (Lipinski definition) is 0. The highest BCUT2D eigenvalue weighted by Gasteiger charge is 2.44. The maximum atomic E-state index is 6.23. The summed E-state index contributed by atoms with van der Waals surface area (Å²) < 4.78 is 18.1. The Morgan fingerprint density at radius 1 is 1.00 bits per heavy atom. The average molecular weight is 315 g/mol. The lowest BCUT2D eigenvalue weighted by Crippen LogP contribution is -2.40. The zero-order valence-electron chi connectivity index (χ0n) is 14.2. The van der Waals surface area contributed by atoms with Crippen molar-refractivity contribution in [2.45, 2.75) is 90.0 Å². The smallest absolute Gasteiger partial charge is 0.334 e. The predicted molar refractivity (Wildman–Crippen MR) is 88.8 cm³/mol. The molecule has 3 unspecified atom stereocenters. The SMILES string of the molecule is CCCCO[Si](C)(CCC1CCC2OC2C1)OCCCC. The summed E-state index contributed by atoms with van der Waals surface area (Å²) in [6.07, 6.45) is 11.1. The lowest BCUT2D eigenvalue weighted by atomic mass is 9.88. The number of fused-ring (bicyclic) bond motifs is 1. The number of unbranched alkanes of at least 4 members (excludes halogenated alkanes) is 2. The second-order valence-corrected chi connectivity index (χ2v) is 10.3. The summed E-state index contributed by atoms with van der Waals surface area (Å²) in [7, 11) is -1.96. The van der Waals surface area contributed by atoms with Gasteiger partial charge in [0, 0.05) is 13.2 Å². The zero-order chi connectivity index (χ0) is 15.1. The van der Waals surface area contributed by atoms with Crippen LogP contribution in [0.5, 0.6) is 0 Å². The molecule has 1 saturated heterocycles. The van der Waals surface area contributed by atoms with Crippen LogP contribution in [0.2, 0.25) is 12.6 Å². The fourth-order valence-electron chi connectivity index (χ4n) is 3.27. The number of hydrogen-bond acceptors (Lipinski definition) is 3. The Bertz CT molecular complexity index is 288. The van der Waals surface area contributed by atoms with Crippen molar-refractivity contribution in [2.24, 2.45) is 5.92 Å². The Morgan fingerprint density at radius 3 is 2.24 bits per heavy atom. The van der Waals surface area contributed by atoms with Crippen molar-refractivity contribution in [3.63, 3.8) is 0 Å². The second kappa shape index (κ2) is 8.66. The van der Waals surface area contributed by atoms with E-state index in [0.29, 0.717) is 12.2 Å². The minimum Gasteiger partial charge on any atom is -0.394 e. The van der Waals surface area contributed by atoms with E-state index in [2.05, 4.69) is 20.4 Å². The van der Waals surface area contributed by atoms with Crippen molar-refractivity contribution in [2.75, 3.05) is 13.2 Å². The predicted octanol–water partition coefficient (Wildman–Crippen LogP) is 4.65. The van der Waals surface area contributed by atoms with Crippen molar-refractivity contribution >= 4 is 8.56 Å². The van der Waals surface area contributed by atoms with Crippen LogP contribution in [0.1, 0.15) is 65.2 Å². The number of rotatable bonds is 11. The van der Waals surface area contributed by atoms with Crippen LogP contribution >= 0.6 is 0 Å². The van der Waals surface area contributed by atoms with E-state index in [1.165, 1.54) is 38.5 Å². The third-order valence-corrected chi connectivity index (χ3v) is 7.76. The Labute approximate surface area is 132 Å². The fourth-order valence-corrected chi connectivity index (χ4v) is 5.72. The van der Waals surface area contributed by atoms with Crippen LogP contribution in [0.25, 0.3) is 0 Å². The van der Waals surface area contributed by atoms with Crippen molar-refractivity contribution in [3.8, 4) is 0 Å². The molecular formula is C17H34O3Si. The van der Waals surface area contributed by atoms with Crippen LogP contribution in [0.4, 0.5) is 0 Å². The Kier molecular flexibility index (Phi) is 7.19. The van der Waals surface area contributed by atoms with Gasteiger partial charge < -0.3 is 13.6 Å². The molecule has 124 valence electrons. The molecule has 0 bridgehead atoms. The van der Waals surface area contributed by atoms with Gasteiger partial charge in [-0.15, -0.1) is 0 Å². The molecule has 3 nitrogen and oxygen atoms in total. The van der Waals surface area contributed by atoms with Gasteiger partial charge in [0.15, 0.2) is 0 Å². The summed E-state index contributed by atoms with van der Waals surface area (Å²) in [5, 5.41) is 0. The molecule has 0 spiro atoms. The molecule has 1 aliphatic carbocycles. The van der Waals surface area contributed by atoms with Crippen molar-refractivity contribution < 1.29 is 13.6 Å². The first-order chi connectivity index (χ1) is 10.2. The monoisotopic (exact) mass is 314 g/mol. The van der Waals surface area contributed by atoms with E-state index >= 15 is 0 Å². The van der Waals surface area contributed by atoms with Gasteiger partial charge in [0.25, 0.3) is 0 Å². The summed E-state index contributed by atoms with van der Waals surface area (Å²) >= 11 is 0. The molecule has 2 rings (SSSR count). The average Bonchev–Trinajstić information content (AvgIpc) is 3.24. The molecule has 0 aromatic rings. The van der Waals surface area contributed by atoms with Gasteiger partial charge in [-0.2, -0.15) is 0 Å². The summed E-state index contributed by atoms with van der Waals surface area (Å²) in [6, 6.07) is 1.16. The Hall–Kier alpha value is 0.0969. The molecule has 0 aromatic heterocycles. The molecule has 1 saturated carbocycles. The largest absolute Gasteiger partial charge is 0.394 e. The summed E-state index contributed by atoms with van der Waals surface area (Å²) in [5.74, 6) is 0.838. The van der Waals surface area contributed by atoms with E-state index in [4.69, 9.17) is 13.6 Å². The minimum atomic E-state index is -1.96. The van der Waals surface area contributed by atoms with Crippen LogP contribution in [0, 0.1) is 5.92 Å². The molecule has 0 amide bonds. The van der Waals surface area contributed by atoms with E-state index in [9.17, 15) is 0 Å². The summed E-state index contributed by atoms with van der Waals surface area (Å²) in [4.78, 5) is 0. The molecule has 1 heterocycles. The molecule has 21 heavy (non-hydrogen) atoms. The van der Waals surface area contributed by atoms with Gasteiger partial charge in [0.05, 0.1) is 12.2 Å². The van der Waals surface area contributed by atoms with Crippen LogP contribution in [-0.4, -0.2) is 34.0 Å². The van der Waals surface area contributed by atoms with Crippen LogP contribution in [0.15, 0.2) is 0 Å². The second-order valence-electron chi connectivity index (χ2n) is 6.97. The molecule has 0 N–H and O–H groups in total. The number of ether oxygens (including phenoxy) is 1. The van der Waals surface area contributed by atoms with Crippen molar-refractivity contribution in [1.29, 1.82) is 0 Å². The highest BCUT2D eigenvalue weighted by molar-refractivity contribution is 6.66. The fraction of sp³-hybridized carbons (Fsp3) is 1.00. The molecular weight excluding hydrogens is 280 g/mol. The van der Waals surface area contributed by atoms with Crippen LogP contribution in [-0.2, 0) is 13.6 Å². The molecule has 4 heteroatoms. The topological polar surface area (TPSA) is 31.0 Å². The van der Waals surface area contributed by atoms with E-state index < -0.39 is 8.56 Å². The van der Waals surface area contributed by atoms with E-state index in [1.54, 1.807) is 0 Å². The van der Waals surface area contributed by atoms with E-state index in [-0.39, 0.29) is 0 Å². The lowest BCUT2D eigenvalue weighted by molar-refractivity contribution is 0.165. The summed E-state index contributed by atoms with van der Waals surface area (Å²) in [5.41, 5.74) is 0. The van der Waals surface area contributed by atoms with E-state index in [0.717, 1.165) is 38.0 Å². The standard InChI is InChI=1S/C17H34O3Si/c1-4-6-11-18-21(3,19-12-7-5-2)13-10-15-8-9-16-17(14-15)20-16/h15-17H,4-14H2,1-3H3. The van der Waals surface area contributed by atoms with Gasteiger partial charge in [-0.1, -0.05) is 26.7 Å². The quantitative estimate of drug-likeness (QED) is 0.316. The normalized spacial score (nSPS) is 28.4. The third kappa shape index (κ3) is 6.01. The van der Waals surface area contributed by atoms with Crippen molar-refractivity contribution in [3.05, 3.63) is 0 Å². The van der Waals surface area contributed by atoms with Crippen LogP contribution < -0.4 is 0 Å². The third-order valence-electron chi connectivity index (χ3n) is 4.93. The maximum absolute atomic E-state index is 6.23. The molecule has 0 aromatic carbocycles. The summed E-state index contributed by atoms with van der Waals surface area (Å²) in [6.45, 7) is 8.47. The Balaban J connectivity index is 1.72. The van der Waals surface area contributed by atoms with Gasteiger partial charge in [-0.25, -0.2) is 0 Å². The Morgan fingerprint density at radius 2 is 1.67 bits per heavy atom. The van der Waals surface area contributed by atoms with E-state index in [1.807, 2.05) is 0 Å². The molecule has 2 aliphatic rings. The highest BCUT2D eigenvalue weighted by Crippen LogP contribution is 2.41. The number of epoxide rings is 1. The van der Waals surface area contributed by atoms with Gasteiger partial charge in [0.2, 0.25) is 0 Å². The zero-order valence-corrected chi connectivity index (χ0v) is 15.2. The first-order valence-electron chi connectivity index (χ1n) is 9.10. The van der Waals surface area contributed by atoms with Gasteiger partial charge in [-0.05, 0) is 57.0 Å². The van der Waals surface area contributed by atoms with Gasteiger partial charge >= 0.3 is 8.56 Å².